The summed E-state index contributed by atoms with van der Waals surface area (Å²) < 4.78 is 16.1. The molecule has 1 amide bonds. The molecule has 136 valence electrons. The Hall–Kier alpha value is -3.46. The van der Waals surface area contributed by atoms with E-state index < -0.39 is 11.7 Å². The number of benzene rings is 2. The molecular formula is C21H19FN4O. The van der Waals surface area contributed by atoms with E-state index in [0.29, 0.717) is 6.04 Å². The molecule has 2 aromatic carbocycles. The van der Waals surface area contributed by atoms with E-state index in [1.54, 1.807) is 6.21 Å². The van der Waals surface area contributed by atoms with Gasteiger partial charge in [0, 0.05) is 28.7 Å². The van der Waals surface area contributed by atoms with Gasteiger partial charge in [0.1, 0.15) is 5.82 Å². The first-order chi connectivity index (χ1) is 13.0. The quantitative estimate of drug-likeness (QED) is 0.540. The van der Waals surface area contributed by atoms with E-state index in [2.05, 4.69) is 28.9 Å². The summed E-state index contributed by atoms with van der Waals surface area (Å²) in [6.07, 6.45) is 4.54. The van der Waals surface area contributed by atoms with E-state index in [1.807, 2.05) is 36.5 Å². The summed E-state index contributed by atoms with van der Waals surface area (Å²) in [5.74, 6) is -1.42. The third-order valence-corrected chi connectivity index (χ3v) is 4.55. The van der Waals surface area contributed by atoms with Crippen LogP contribution >= 0.6 is 0 Å². The lowest BCUT2D eigenvalue weighted by Gasteiger charge is -2.12. The predicted molar refractivity (Wildman–Crippen MR) is 103 cm³/mol. The Labute approximate surface area is 156 Å². The Morgan fingerprint density at radius 3 is 2.85 bits per heavy atom. The number of para-hydroxylation sites is 1. The first-order valence-electron chi connectivity index (χ1n) is 8.67. The van der Waals surface area contributed by atoms with Crippen molar-refractivity contribution >= 4 is 23.0 Å². The molecule has 0 aliphatic heterocycles. The van der Waals surface area contributed by atoms with Crippen molar-refractivity contribution in [2.75, 3.05) is 0 Å². The first kappa shape index (κ1) is 18.3. The minimum Gasteiger partial charge on any atom is -0.344 e. The van der Waals surface area contributed by atoms with Crippen LogP contribution in [-0.4, -0.2) is 16.7 Å². The van der Waals surface area contributed by atoms with Gasteiger partial charge in [-0.05, 0) is 37.6 Å². The number of amides is 1. The summed E-state index contributed by atoms with van der Waals surface area (Å²) in [5.41, 5.74) is 4.30. The van der Waals surface area contributed by atoms with Gasteiger partial charge in [-0.25, -0.2) is 9.82 Å². The normalized spacial score (nSPS) is 12.2. The molecule has 0 saturated heterocycles. The molecular weight excluding hydrogens is 343 g/mol. The Morgan fingerprint density at radius 1 is 1.37 bits per heavy atom. The van der Waals surface area contributed by atoms with Gasteiger partial charge in [-0.3, -0.25) is 4.79 Å². The molecule has 1 atom stereocenters. The summed E-state index contributed by atoms with van der Waals surface area (Å²) in [7, 11) is 0. The Balaban J connectivity index is 1.83. The van der Waals surface area contributed by atoms with E-state index in [9.17, 15) is 9.18 Å². The highest BCUT2D eigenvalue weighted by atomic mass is 19.1. The molecule has 5 nitrogen and oxygen atoms in total. The second kappa shape index (κ2) is 7.83. The van der Waals surface area contributed by atoms with E-state index in [1.165, 1.54) is 12.1 Å². The number of rotatable bonds is 5. The average molecular weight is 362 g/mol. The van der Waals surface area contributed by atoms with Gasteiger partial charge in [-0.15, -0.1) is 0 Å². The highest BCUT2D eigenvalue weighted by molar-refractivity contribution is 6.00. The van der Waals surface area contributed by atoms with Crippen molar-refractivity contribution in [3.63, 3.8) is 0 Å². The van der Waals surface area contributed by atoms with Gasteiger partial charge in [0.05, 0.1) is 23.4 Å². The molecule has 0 unspecified atom stereocenters. The highest BCUT2D eigenvalue weighted by Gasteiger charge is 2.13. The molecule has 3 aromatic rings. The SMILES string of the molecule is CC[C@H](C)n1cc(/C=N\NC(=O)c2ccc(C#N)cc2F)c2ccccc21. The van der Waals surface area contributed by atoms with Crippen LogP contribution in [0, 0.1) is 17.1 Å². The number of fused-ring (bicyclic) bond motifs is 1. The number of hydrogen-bond acceptors (Lipinski definition) is 3. The molecule has 6 heteroatoms. The molecule has 3 rings (SSSR count). The molecule has 1 N–H and O–H groups in total. The fourth-order valence-electron chi connectivity index (χ4n) is 2.89. The molecule has 0 radical (unpaired) electrons. The maximum absolute atomic E-state index is 13.9. The number of hydrazone groups is 1. The zero-order valence-electron chi connectivity index (χ0n) is 15.1. The molecule has 0 aliphatic rings. The number of aromatic nitrogens is 1. The van der Waals surface area contributed by atoms with Crippen LogP contribution in [0.5, 0.6) is 0 Å². The van der Waals surface area contributed by atoms with Crippen LogP contribution in [0.3, 0.4) is 0 Å². The summed E-state index contributed by atoms with van der Waals surface area (Å²) in [6.45, 7) is 4.27. The van der Waals surface area contributed by atoms with Crippen LogP contribution in [0.25, 0.3) is 10.9 Å². The van der Waals surface area contributed by atoms with E-state index >= 15 is 0 Å². The van der Waals surface area contributed by atoms with Crippen LogP contribution in [0.1, 0.15) is 47.8 Å². The standard InChI is InChI=1S/C21H19FN4O/c1-3-14(2)26-13-16(17-6-4-5-7-20(17)26)12-24-25-21(27)18-9-8-15(11-23)10-19(18)22/h4-10,12-14H,3H2,1-2H3,(H,25,27)/b24-12-/t14-/m0/s1. The summed E-state index contributed by atoms with van der Waals surface area (Å²) in [6, 6.07) is 13.8. The lowest BCUT2D eigenvalue weighted by atomic mass is 10.1. The number of carbonyl (C=O) groups is 1. The second-order valence-electron chi connectivity index (χ2n) is 6.27. The van der Waals surface area contributed by atoms with Crippen LogP contribution in [0.2, 0.25) is 0 Å². The lowest BCUT2D eigenvalue weighted by Crippen LogP contribution is -2.19. The largest absolute Gasteiger partial charge is 0.344 e. The van der Waals surface area contributed by atoms with Gasteiger partial charge in [0.15, 0.2) is 0 Å². The van der Waals surface area contributed by atoms with E-state index in [4.69, 9.17) is 5.26 Å². The summed E-state index contributed by atoms with van der Waals surface area (Å²) >= 11 is 0. The first-order valence-corrected chi connectivity index (χ1v) is 8.67. The van der Waals surface area contributed by atoms with Gasteiger partial charge < -0.3 is 4.57 Å². The summed E-state index contributed by atoms with van der Waals surface area (Å²) in [4.78, 5) is 12.1. The van der Waals surface area contributed by atoms with Gasteiger partial charge in [0.2, 0.25) is 0 Å². The van der Waals surface area contributed by atoms with Crippen molar-refractivity contribution in [2.24, 2.45) is 5.10 Å². The van der Waals surface area contributed by atoms with Crippen molar-refractivity contribution in [1.82, 2.24) is 9.99 Å². The van der Waals surface area contributed by atoms with Crippen molar-refractivity contribution in [3.8, 4) is 6.07 Å². The molecule has 1 aromatic heterocycles. The van der Waals surface area contributed by atoms with Crippen LogP contribution in [0.15, 0.2) is 53.8 Å². The summed E-state index contributed by atoms with van der Waals surface area (Å²) in [5, 5.41) is 13.8. The van der Waals surface area contributed by atoms with E-state index in [0.717, 1.165) is 29.0 Å². The number of hydrogen-bond donors (Lipinski definition) is 1. The number of halogens is 1. The molecule has 1 heterocycles. The van der Waals surface area contributed by atoms with E-state index in [-0.39, 0.29) is 11.1 Å². The van der Waals surface area contributed by atoms with Gasteiger partial charge in [0.25, 0.3) is 5.91 Å². The Morgan fingerprint density at radius 2 is 2.15 bits per heavy atom. The topological polar surface area (TPSA) is 70.2 Å². The third-order valence-electron chi connectivity index (χ3n) is 4.55. The third kappa shape index (κ3) is 3.72. The molecule has 0 saturated carbocycles. The number of nitrogens with zero attached hydrogens (tertiary/aromatic N) is 3. The predicted octanol–water partition coefficient (Wildman–Crippen LogP) is 4.39. The Kier molecular flexibility index (Phi) is 5.32. The zero-order chi connectivity index (χ0) is 19.4. The molecule has 27 heavy (non-hydrogen) atoms. The van der Waals surface area contributed by atoms with Gasteiger partial charge in [-0.2, -0.15) is 10.4 Å². The van der Waals surface area contributed by atoms with Crippen molar-refractivity contribution in [2.45, 2.75) is 26.3 Å². The lowest BCUT2D eigenvalue weighted by molar-refractivity contribution is 0.0951. The molecule has 0 spiro atoms. The minimum absolute atomic E-state index is 0.158. The van der Waals surface area contributed by atoms with Crippen LogP contribution in [-0.2, 0) is 0 Å². The fourth-order valence-corrected chi connectivity index (χ4v) is 2.89. The molecule has 0 bridgehead atoms. The number of nitrogens with one attached hydrogen (secondary N) is 1. The maximum atomic E-state index is 13.9. The minimum atomic E-state index is -0.755. The smallest absolute Gasteiger partial charge is 0.274 e. The number of carbonyl (C=O) groups excluding carboxylic acids is 1. The number of nitriles is 1. The van der Waals surface area contributed by atoms with Crippen molar-refractivity contribution in [1.29, 1.82) is 5.26 Å². The van der Waals surface area contributed by atoms with Gasteiger partial charge in [-0.1, -0.05) is 25.1 Å². The zero-order valence-corrected chi connectivity index (χ0v) is 15.1. The van der Waals surface area contributed by atoms with Crippen LogP contribution < -0.4 is 5.43 Å². The monoisotopic (exact) mass is 362 g/mol. The van der Waals surface area contributed by atoms with Crippen molar-refractivity contribution in [3.05, 3.63) is 71.2 Å². The maximum Gasteiger partial charge on any atom is 0.274 e. The highest BCUT2D eigenvalue weighted by Crippen LogP contribution is 2.24. The average Bonchev–Trinajstić information content (AvgIpc) is 3.06. The van der Waals surface area contributed by atoms with Crippen molar-refractivity contribution < 1.29 is 9.18 Å². The van der Waals surface area contributed by atoms with Crippen LogP contribution in [0.4, 0.5) is 4.39 Å². The fraction of sp³-hybridized carbons (Fsp3) is 0.190. The molecule has 0 aliphatic carbocycles. The second-order valence-corrected chi connectivity index (χ2v) is 6.27. The van der Waals surface area contributed by atoms with Gasteiger partial charge >= 0.3 is 0 Å². The Bertz CT molecular complexity index is 1060. The molecule has 0 fully saturated rings.